The number of nitrogens with zero attached hydrogens (tertiary/aromatic N) is 2. The van der Waals surface area contributed by atoms with Crippen molar-refractivity contribution in [2.75, 3.05) is 26.2 Å². The van der Waals surface area contributed by atoms with Gasteiger partial charge in [0.15, 0.2) is 0 Å². The van der Waals surface area contributed by atoms with Crippen LogP contribution in [-0.2, 0) is 17.4 Å². The number of likely N-dealkylation sites (tertiary alicyclic amines) is 1. The number of pyridine rings is 1. The van der Waals surface area contributed by atoms with E-state index in [0.717, 1.165) is 50.3 Å². The average molecular weight is 481 g/mol. The van der Waals surface area contributed by atoms with E-state index in [4.69, 9.17) is 4.74 Å². The lowest BCUT2D eigenvalue weighted by Gasteiger charge is -2.43. The van der Waals surface area contributed by atoms with E-state index in [0.29, 0.717) is 18.4 Å². The average Bonchev–Trinajstić information content (AvgIpc) is 2.83. The number of benzene rings is 1. The quantitative estimate of drug-likeness (QED) is 0.544. The highest BCUT2D eigenvalue weighted by molar-refractivity contribution is 5.44. The normalized spacial score (nSPS) is 21.5. The minimum atomic E-state index is -0.559. The molecule has 1 unspecified atom stereocenters. The van der Waals surface area contributed by atoms with Gasteiger partial charge in [0.05, 0.1) is 0 Å². The molecule has 1 fully saturated rings. The monoisotopic (exact) mass is 480 g/mol. The number of fused-ring (bicyclic) bond motifs is 4. The van der Waals surface area contributed by atoms with Crippen LogP contribution in [0.15, 0.2) is 41.2 Å². The summed E-state index contributed by atoms with van der Waals surface area (Å²) in [6.07, 6.45) is 2.66. The van der Waals surface area contributed by atoms with Crippen LogP contribution in [0.2, 0.25) is 0 Å². The van der Waals surface area contributed by atoms with Gasteiger partial charge in [0.25, 0.3) is 5.56 Å². The Morgan fingerprint density at radius 2 is 1.77 bits per heavy atom. The first-order valence-electron chi connectivity index (χ1n) is 13.4. The van der Waals surface area contributed by atoms with Gasteiger partial charge in [0, 0.05) is 49.4 Å². The van der Waals surface area contributed by atoms with Crippen molar-refractivity contribution in [1.29, 1.82) is 0 Å². The molecule has 1 N–H and O–H groups in total. The zero-order valence-corrected chi connectivity index (χ0v) is 22.5. The van der Waals surface area contributed by atoms with E-state index in [2.05, 4.69) is 70.7 Å². The maximum absolute atomic E-state index is 12.3. The Bertz CT molecular complexity index is 1090. The number of hydrogen-bond acceptors (Lipinski definition) is 4. The van der Waals surface area contributed by atoms with Crippen molar-refractivity contribution in [2.45, 2.75) is 90.2 Å². The largest absolute Gasteiger partial charge is 0.491 e. The summed E-state index contributed by atoms with van der Waals surface area (Å²) in [4.78, 5) is 14.6. The van der Waals surface area contributed by atoms with E-state index in [1.165, 1.54) is 11.1 Å². The first-order chi connectivity index (χ1) is 16.5. The second kappa shape index (κ2) is 10.1. The summed E-state index contributed by atoms with van der Waals surface area (Å²) in [5.41, 5.74) is 3.93. The van der Waals surface area contributed by atoms with Gasteiger partial charge in [-0.2, -0.15) is 0 Å². The fourth-order valence-corrected chi connectivity index (χ4v) is 5.68. The van der Waals surface area contributed by atoms with Crippen molar-refractivity contribution >= 4 is 0 Å². The molecular formula is C30H44N2O3. The molecule has 2 aliphatic rings. The SMILES string of the molecule is CCC(C)(C)c1ccc(OCC(O)CN2C[C@@H]3C[C@@H](C2)c2cccc(=O)n2C3)c(C(C)(C)CC)c1. The van der Waals surface area contributed by atoms with Gasteiger partial charge in [-0.05, 0) is 53.7 Å². The molecule has 5 heteroatoms. The predicted molar refractivity (Wildman–Crippen MR) is 143 cm³/mol. The molecule has 3 heterocycles. The van der Waals surface area contributed by atoms with Crippen LogP contribution in [0.1, 0.15) is 83.5 Å². The van der Waals surface area contributed by atoms with Crippen LogP contribution in [0.4, 0.5) is 0 Å². The van der Waals surface area contributed by atoms with E-state index < -0.39 is 6.10 Å². The third-order valence-corrected chi connectivity index (χ3v) is 8.71. The number of piperidine rings is 1. The molecule has 2 aromatic rings. The van der Waals surface area contributed by atoms with E-state index in [1.807, 2.05) is 10.6 Å². The topological polar surface area (TPSA) is 54.7 Å². The summed E-state index contributed by atoms with van der Waals surface area (Å²) < 4.78 is 8.23. The minimum absolute atomic E-state index is 0.00406. The summed E-state index contributed by atoms with van der Waals surface area (Å²) in [5, 5.41) is 10.9. The zero-order valence-electron chi connectivity index (χ0n) is 22.5. The van der Waals surface area contributed by atoms with Gasteiger partial charge in [-0.15, -0.1) is 0 Å². The van der Waals surface area contributed by atoms with E-state index >= 15 is 0 Å². The van der Waals surface area contributed by atoms with Gasteiger partial charge in [-0.25, -0.2) is 0 Å². The number of hydrogen-bond donors (Lipinski definition) is 1. The molecule has 0 saturated carbocycles. The van der Waals surface area contributed by atoms with Crippen molar-refractivity contribution in [3.8, 4) is 5.75 Å². The molecular weight excluding hydrogens is 436 g/mol. The Morgan fingerprint density at radius 3 is 2.49 bits per heavy atom. The van der Waals surface area contributed by atoms with Gasteiger partial charge in [-0.3, -0.25) is 9.69 Å². The molecule has 0 radical (unpaired) electrons. The number of β-amino-alcohol motifs (C(OH)–C–C–N with tert-alkyl or cyclic N) is 1. The van der Waals surface area contributed by atoms with E-state index in [9.17, 15) is 9.90 Å². The van der Waals surface area contributed by atoms with Gasteiger partial charge >= 0.3 is 0 Å². The molecule has 0 spiro atoms. The van der Waals surface area contributed by atoms with Crippen molar-refractivity contribution in [3.05, 3.63) is 63.6 Å². The second-order valence-electron chi connectivity index (χ2n) is 12.1. The highest BCUT2D eigenvalue weighted by Gasteiger charge is 2.35. The number of aromatic nitrogens is 1. The zero-order chi connectivity index (χ0) is 25.4. The lowest BCUT2D eigenvalue weighted by Crippen LogP contribution is -2.49. The maximum Gasteiger partial charge on any atom is 0.250 e. The molecule has 1 aromatic heterocycles. The molecule has 35 heavy (non-hydrogen) atoms. The highest BCUT2D eigenvalue weighted by Crippen LogP contribution is 2.39. The van der Waals surface area contributed by atoms with Crippen molar-refractivity contribution in [2.24, 2.45) is 5.92 Å². The maximum atomic E-state index is 12.3. The molecule has 2 bridgehead atoms. The lowest BCUT2D eigenvalue weighted by atomic mass is 9.76. The molecule has 1 saturated heterocycles. The highest BCUT2D eigenvalue weighted by atomic mass is 16.5. The second-order valence-corrected chi connectivity index (χ2v) is 12.1. The molecule has 192 valence electrons. The van der Waals surface area contributed by atoms with Crippen LogP contribution >= 0.6 is 0 Å². The molecule has 1 aromatic carbocycles. The molecule has 0 aliphatic carbocycles. The van der Waals surface area contributed by atoms with E-state index in [-0.39, 0.29) is 23.0 Å². The molecule has 0 amide bonds. The predicted octanol–water partition coefficient (Wildman–Crippen LogP) is 5.08. The van der Waals surface area contributed by atoms with Crippen molar-refractivity contribution in [3.63, 3.8) is 0 Å². The van der Waals surface area contributed by atoms with Crippen LogP contribution in [-0.4, -0.2) is 46.9 Å². The standard InChI is InChI=1S/C30H44N2O3/c1-7-29(3,4)23-12-13-27(25(15-23)30(5,6)8-2)35-20-24(33)19-31-16-21-14-22(18-31)26-10-9-11-28(34)32(26)17-21/h9-13,15,21-22,24,33H,7-8,14,16-20H2,1-6H3/t21-,22-,24?/m0/s1. The number of aliphatic hydroxyl groups excluding tert-OH is 1. The van der Waals surface area contributed by atoms with Gasteiger partial charge < -0.3 is 14.4 Å². The van der Waals surface area contributed by atoms with Gasteiger partial charge in [0.2, 0.25) is 0 Å². The Labute approximate surface area is 211 Å². The van der Waals surface area contributed by atoms with Crippen LogP contribution in [0, 0.1) is 5.92 Å². The summed E-state index contributed by atoms with van der Waals surface area (Å²) in [6, 6.07) is 12.2. The Kier molecular flexibility index (Phi) is 7.49. The minimum Gasteiger partial charge on any atom is -0.491 e. The first kappa shape index (κ1) is 26.0. The fourth-order valence-electron chi connectivity index (χ4n) is 5.68. The number of rotatable bonds is 9. The molecule has 5 nitrogen and oxygen atoms in total. The number of aliphatic hydroxyl groups is 1. The summed E-state index contributed by atoms with van der Waals surface area (Å²) in [6.45, 7) is 17.0. The Morgan fingerprint density at radius 1 is 1.03 bits per heavy atom. The van der Waals surface area contributed by atoms with Crippen molar-refractivity contribution in [1.82, 2.24) is 9.47 Å². The fraction of sp³-hybridized carbons (Fsp3) is 0.633. The van der Waals surface area contributed by atoms with E-state index in [1.54, 1.807) is 6.07 Å². The van der Waals surface area contributed by atoms with Crippen LogP contribution in [0.3, 0.4) is 0 Å². The Balaban J connectivity index is 1.43. The first-order valence-corrected chi connectivity index (χ1v) is 13.4. The summed E-state index contributed by atoms with van der Waals surface area (Å²) in [7, 11) is 0. The van der Waals surface area contributed by atoms with Crippen LogP contribution in [0.25, 0.3) is 0 Å². The third kappa shape index (κ3) is 5.51. The summed E-state index contributed by atoms with van der Waals surface area (Å²) in [5.74, 6) is 1.70. The summed E-state index contributed by atoms with van der Waals surface area (Å²) >= 11 is 0. The van der Waals surface area contributed by atoms with Gasteiger partial charge in [0.1, 0.15) is 18.5 Å². The smallest absolute Gasteiger partial charge is 0.250 e. The van der Waals surface area contributed by atoms with Crippen molar-refractivity contribution < 1.29 is 9.84 Å². The number of ether oxygens (including phenoxy) is 1. The van der Waals surface area contributed by atoms with Crippen LogP contribution in [0.5, 0.6) is 5.75 Å². The molecule has 4 rings (SSSR count). The molecule has 3 atom stereocenters. The Hall–Kier alpha value is -2.11. The third-order valence-electron chi connectivity index (χ3n) is 8.71. The van der Waals surface area contributed by atoms with Gasteiger partial charge in [-0.1, -0.05) is 59.7 Å². The van der Waals surface area contributed by atoms with Crippen LogP contribution < -0.4 is 10.3 Å². The lowest BCUT2D eigenvalue weighted by molar-refractivity contribution is 0.0380. The molecule has 2 aliphatic heterocycles.